The molecule has 0 saturated carbocycles. The molecular formula is C23H28ClN7S. The van der Waals surface area contributed by atoms with Gasteiger partial charge in [-0.25, -0.2) is 15.0 Å². The average molecular weight is 470 g/mol. The lowest BCUT2D eigenvalue weighted by Crippen LogP contribution is -2.44. The lowest BCUT2D eigenvalue weighted by molar-refractivity contribution is 0.187. The predicted molar refractivity (Wildman–Crippen MR) is 132 cm³/mol. The molecule has 1 saturated heterocycles. The lowest BCUT2D eigenvalue weighted by Gasteiger charge is -2.42. The van der Waals surface area contributed by atoms with Crippen LogP contribution in [0.3, 0.4) is 0 Å². The molecule has 0 amide bonds. The molecule has 9 heteroatoms. The molecule has 1 aromatic carbocycles. The first-order chi connectivity index (χ1) is 15.0. The minimum absolute atomic E-state index is 0. The van der Waals surface area contributed by atoms with E-state index in [1.807, 2.05) is 0 Å². The monoisotopic (exact) mass is 469 g/mol. The van der Waals surface area contributed by atoms with Crippen molar-refractivity contribution >= 4 is 40.8 Å². The largest absolute Gasteiger partial charge is 0.382 e. The predicted octanol–water partition coefficient (Wildman–Crippen LogP) is 4.32. The number of nitrogens with two attached hydrogens (primary N) is 3. The standard InChI is InChI=1S/C22H24ClN7S.CH4/c23-17-15(5-8-27-19(17)25)31-21-20(26)29-16(12-28-21)30-9-6-22(7-10-30)11-13-3-1-2-4-14(13)18(22)24;/h1-5,8,12,18H,6-7,9-11,24H2,(H2,25,27)(H2,26,29);1H4/t18-;/m1./s1. The van der Waals surface area contributed by atoms with E-state index < -0.39 is 0 Å². The summed E-state index contributed by atoms with van der Waals surface area (Å²) in [6.45, 7) is 1.77. The van der Waals surface area contributed by atoms with Gasteiger partial charge in [0.15, 0.2) is 5.82 Å². The Bertz CT molecular complexity index is 1130. The summed E-state index contributed by atoms with van der Waals surface area (Å²) in [5.41, 5.74) is 21.5. The summed E-state index contributed by atoms with van der Waals surface area (Å²) in [4.78, 5) is 16.1. The molecule has 3 aromatic rings. The first-order valence-corrected chi connectivity index (χ1v) is 11.4. The number of benzene rings is 1. The molecule has 1 atom stereocenters. The molecule has 2 aromatic heterocycles. The van der Waals surface area contributed by atoms with Gasteiger partial charge in [-0.15, -0.1) is 0 Å². The molecule has 1 fully saturated rings. The van der Waals surface area contributed by atoms with Crippen molar-refractivity contribution in [2.24, 2.45) is 11.1 Å². The van der Waals surface area contributed by atoms with Crippen LogP contribution in [0.2, 0.25) is 5.02 Å². The molecule has 168 valence electrons. The van der Waals surface area contributed by atoms with Crippen LogP contribution in [0.15, 0.2) is 52.6 Å². The Morgan fingerprint density at radius 2 is 1.81 bits per heavy atom. The average Bonchev–Trinajstić information content (AvgIpc) is 3.05. The Morgan fingerprint density at radius 3 is 2.53 bits per heavy atom. The smallest absolute Gasteiger partial charge is 0.158 e. The molecule has 32 heavy (non-hydrogen) atoms. The summed E-state index contributed by atoms with van der Waals surface area (Å²) >= 11 is 7.57. The Balaban J connectivity index is 0.00000245. The summed E-state index contributed by atoms with van der Waals surface area (Å²) < 4.78 is 0. The van der Waals surface area contributed by atoms with Crippen LogP contribution < -0.4 is 22.1 Å². The first-order valence-electron chi connectivity index (χ1n) is 10.3. The van der Waals surface area contributed by atoms with Gasteiger partial charge in [-0.1, -0.05) is 55.1 Å². The molecule has 0 bridgehead atoms. The lowest BCUT2D eigenvalue weighted by atomic mass is 9.73. The molecule has 7 nitrogen and oxygen atoms in total. The van der Waals surface area contributed by atoms with Crippen molar-refractivity contribution in [2.75, 3.05) is 29.5 Å². The van der Waals surface area contributed by atoms with E-state index in [1.54, 1.807) is 18.5 Å². The van der Waals surface area contributed by atoms with Gasteiger partial charge in [-0.2, -0.15) is 0 Å². The summed E-state index contributed by atoms with van der Waals surface area (Å²) in [5.74, 6) is 1.45. The van der Waals surface area contributed by atoms with Crippen LogP contribution in [0, 0.1) is 5.41 Å². The number of hydrogen-bond acceptors (Lipinski definition) is 8. The van der Waals surface area contributed by atoms with Crippen LogP contribution in [-0.4, -0.2) is 28.0 Å². The van der Waals surface area contributed by atoms with Gasteiger partial charge >= 0.3 is 0 Å². The zero-order valence-corrected chi connectivity index (χ0v) is 18.5. The van der Waals surface area contributed by atoms with Crippen molar-refractivity contribution in [1.82, 2.24) is 15.0 Å². The van der Waals surface area contributed by atoms with Crippen LogP contribution in [0.1, 0.15) is 37.4 Å². The van der Waals surface area contributed by atoms with E-state index in [0.29, 0.717) is 15.9 Å². The fraction of sp³-hybridized carbons (Fsp3) is 0.348. The Hall–Kier alpha value is -2.55. The molecular weight excluding hydrogens is 442 g/mol. The maximum absolute atomic E-state index is 6.69. The van der Waals surface area contributed by atoms with Gasteiger partial charge in [-0.05, 0) is 41.9 Å². The second-order valence-electron chi connectivity index (χ2n) is 8.23. The molecule has 0 unspecified atom stereocenters. The normalized spacial score (nSPS) is 18.9. The molecule has 1 aliphatic carbocycles. The van der Waals surface area contributed by atoms with Gasteiger partial charge in [-0.3, -0.25) is 0 Å². The first kappa shape index (κ1) is 22.6. The van der Waals surface area contributed by atoms with Gasteiger partial charge in [0, 0.05) is 30.2 Å². The number of nitrogens with zero attached hydrogens (tertiary/aromatic N) is 4. The minimum Gasteiger partial charge on any atom is -0.382 e. The van der Waals surface area contributed by atoms with Crippen molar-refractivity contribution < 1.29 is 0 Å². The van der Waals surface area contributed by atoms with Crippen molar-refractivity contribution in [2.45, 2.75) is 42.7 Å². The van der Waals surface area contributed by atoms with E-state index in [0.717, 1.165) is 43.1 Å². The van der Waals surface area contributed by atoms with Crippen LogP contribution >= 0.6 is 23.4 Å². The second-order valence-corrected chi connectivity index (χ2v) is 9.64. The minimum atomic E-state index is 0. The number of rotatable bonds is 3. The highest BCUT2D eigenvalue weighted by Crippen LogP contribution is 2.51. The van der Waals surface area contributed by atoms with Crippen molar-refractivity contribution in [1.29, 1.82) is 0 Å². The van der Waals surface area contributed by atoms with Crippen molar-refractivity contribution in [3.8, 4) is 0 Å². The van der Waals surface area contributed by atoms with Gasteiger partial charge in [0.05, 0.1) is 11.2 Å². The second kappa shape index (κ2) is 8.77. The third-order valence-electron chi connectivity index (χ3n) is 6.51. The van der Waals surface area contributed by atoms with Crippen LogP contribution in [0.25, 0.3) is 0 Å². The number of aromatic nitrogens is 3. The molecule has 3 heterocycles. The number of nitrogen functional groups attached to an aromatic ring is 2. The van der Waals surface area contributed by atoms with E-state index >= 15 is 0 Å². The fourth-order valence-corrected chi connectivity index (χ4v) is 5.74. The number of halogens is 1. The highest BCUT2D eigenvalue weighted by molar-refractivity contribution is 7.99. The maximum atomic E-state index is 6.69. The van der Waals surface area contributed by atoms with E-state index in [1.165, 1.54) is 22.9 Å². The topological polar surface area (TPSA) is 120 Å². The summed E-state index contributed by atoms with van der Waals surface area (Å²) in [6, 6.07) is 10.4. The summed E-state index contributed by atoms with van der Waals surface area (Å²) in [7, 11) is 0. The van der Waals surface area contributed by atoms with Crippen LogP contribution in [0.4, 0.5) is 17.5 Å². The third-order valence-corrected chi connectivity index (χ3v) is 8.09. The molecule has 1 spiro atoms. The maximum Gasteiger partial charge on any atom is 0.158 e. The molecule has 0 radical (unpaired) electrons. The number of pyridine rings is 1. The van der Waals surface area contributed by atoms with Gasteiger partial charge in [0.25, 0.3) is 0 Å². The quantitative estimate of drug-likeness (QED) is 0.518. The highest BCUT2D eigenvalue weighted by atomic mass is 35.5. The van der Waals surface area contributed by atoms with E-state index in [9.17, 15) is 0 Å². The zero-order valence-electron chi connectivity index (χ0n) is 17.0. The van der Waals surface area contributed by atoms with E-state index in [2.05, 4.69) is 44.1 Å². The van der Waals surface area contributed by atoms with Crippen molar-refractivity contribution in [3.05, 3.63) is 58.9 Å². The number of hydrogen-bond donors (Lipinski definition) is 3. The SMILES string of the molecule is C.Nc1nc(N2CCC3(CC2)Cc2ccccc2[C@H]3N)cnc1Sc1ccnc(N)c1Cl. The Kier molecular flexibility index (Phi) is 6.20. The van der Waals surface area contributed by atoms with E-state index in [4.69, 9.17) is 28.8 Å². The van der Waals surface area contributed by atoms with Gasteiger partial charge < -0.3 is 22.1 Å². The molecule has 5 rings (SSSR count). The zero-order chi connectivity index (χ0) is 21.6. The number of anilines is 3. The van der Waals surface area contributed by atoms with Gasteiger partial charge in [0.2, 0.25) is 0 Å². The summed E-state index contributed by atoms with van der Waals surface area (Å²) in [5, 5.41) is 0.992. The highest BCUT2D eigenvalue weighted by Gasteiger charge is 2.45. The molecule has 2 aliphatic rings. The van der Waals surface area contributed by atoms with Gasteiger partial charge in [0.1, 0.15) is 16.7 Å². The summed E-state index contributed by atoms with van der Waals surface area (Å²) in [6.07, 6.45) is 6.48. The number of piperidine rings is 1. The van der Waals surface area contributed by atoms with E-state index in [-0.39, 0.29) is 24.7 Å². The number of fused-ring (bicyclic) bond motifs is 1. The Labute approximate surface area is 197 Å². The third kappa shape index (κ3) is 3.87. The van der Waals surface area contributed by atoms with Crippen LogP contribution in [0.5, 0.6) is 0 Å². The molecule has 6 N–H and O–H groups in total. The van der Waals surface area contributed by atoms with Crippen LogP contribution in [-0.2, 0) is 6.42 Å². The van der Waals surface area contributed by atoms with Crippen molar-refractivity contribution in [3.63, 3.8) is 0 Å². The molecule has 1 aliphatic heterocycles. The fourth-order valence-electron chi connectivity index (χ4n) is 4.72. The Morgan fingerprint density at radius 1 is 1.06 bits per heavy atom.